The average molecular weight is 397 g/mol. The summed E-state index contributed by atoms with van der Waals surface area (Å²) in [7, 11) is 0. The summed E-state index contributed by atoms with van der Waals surface area (Å²) >= 11 is 0. The van der Waals surface area contributed by atoms with Crippen LogP contribution in [0.4, 0.5) is 0 Å². The normalized spacial score (nSPS) is 24.5. The maximum Gasteiger partial charge on any atom is 0.320 e. The molecule has 2 atom stereocenters. The molecule has 1 aromatic rings. The van der Waals surface area contributed by atoms with Crippen LogP contribution in [0.25, 0.3) is 0 Å². The highest BCUT2D eigenvalue weighted by Crippen LogP contribution is 2.38. The molecule has 0 spiro atoms. The molecule has 3 heterocycles. The maximum absolute atomic E-state index is 12.9. The van der Waals surface area contributed by atoms with Crippen molar-refractivity contribution in [2.75, 3.05) is 32.8 Å². The van der Waals surface area contributed by atoms with Crippen molar-refractivity contribution >= 4 is 24.3 Å². The van der Waals surface area contributed by atoms with Gasteiger partial charge in [0.05, 0.1) is 12.6 Å². The summed E-state index contributed by atoms with van der Waals surface area (Å²) in [4.78, 5) is 27.9. The molecule has 148 valence electrons. The molecule has 7 nitrogen and oxygen atoms in total. The number of rotatable bonds is 4. The smallest absolute Gasteiger partial charge is 0.320 e. The Balaban J connectivity index is 0.00000210. The highest BCUT2D eigenvalue weighted by Gasteiger charge is 2.36. The average Bonchev–Trinajstić information content (AvgIpc) is 3.30. The van der Waals surface area contributed by atoms with E-state index in [1.807, 2.05) is 23.1 Å². The topological polar surface area (TPSA) is 79.3 Å². The minimum Gasteiger partial charge on any atom is -0.486 e. The second kappa shape index (κ2) is 8.35. The first-order valence-electron chi connectivity index (χ1n) is 9.29. The fourth-order valence-electron chi connectivity index (χ4n) is 4.24. The Morgan fingerprint density at radius 2 is 1.81 bits per heavy atom. The maximum atomic E-state index is 12.9. The quantitative estimate of drug-likeness (QED) is 0.839. The van der Waals surface area contributed by atoms with Crippen LogP contribution in [-0.2, 0) is 9.59 Å². The molecule has 8 heteroatoms. The Labute approximate surface area is 164 Å². The molecule has 3 aliphatic heterocycles. The van der Waals surface area contributed by atoms with Crippen molar-refractivity contribution in [3.63, 3.8) is 0 Å². The van der Waals surface area contributed by atoms with Crippen LogP contribution in [0.5, 0.6) is 11.5 Å². The minimum absolute atomic E-state index is 0. The molecule has 0 aromatic heterocycles. The van der Waals surface area contributed by atoms with Crippen LogP contribution >= 0.6 is 12.4 Å². The number of ether oxygens (including phenoxy) is 2. The van der Waals surface area contributed by atoms with E-state index in [0.29, 0.717) is 32.7 Å². The molecule has 3 aliphatic rings. The van der Waals surface area contributed by atoms with Gasteiger partial charge in [-0.1, -0.05) is 6.07 Å². The summed E-state index contributed by atoms with van der Waals surface area (Å²) in [6, 6.07) is 5.37. The van der Waals surface area contributed by atoms with Gasteiger partial charge in [-0.25, -0.2) is 0 Å². The summed E-state index contributed by atoms with van der Waals surface area (Å²) in [5, 5.41) is 9.31. The molecular formula is C19H25ClN2O5. The summed E-state index contributed by atoms with van der Waals surface area (Å²) < 4.78 is 11.2. The van der Waals surface area contributed by atoms with E-state index in [9.17, 15) is 14.7 Å². The number of halogens is 1. The van der Waals surface area contributed by atoms with E-state index < -0.39 is 12.0 Å². The van der Waals surface area contributed by atoms with Gasteiger partial charge in [-0.3, -0.25) is 14.5 Å². The van der Waals surface area contributed by atoms with Crippen molar-refractivity contribution in [1.82, 2.24) is 9.80 Å². The monoisotopic (exact) mass is 396 g/mol. The molecule has 1 N–H and O–H groups in total. The van der Waals surface area contributed by atoms with Gasteiger partial charge >= 0.3 is 5.97 Å². The third kappa shape index (κ3) is 3.99. The van der Waals surface area contributed by atoms with E-state index in [2.05, 4.69) is 0 Å². The molecule has 1 amide bonds. The number of fused-ring (bicyclic) bond motifs is 1. The van der Waals surface area contributed by atoms with Crippen LogP contribution in [0.2, 0.25) is 0 Å². The standard InChI is InChI=1S/C19H24N2O5.ClH/c22-18(12-20-7-1-4-15(20)19(23)24)21-8-2-3-14(21)13-5-6-16-17(11-13)26-10-9-25-16;/h5-6,11,14-15H,1-4,7-10,12H2,(H,23,24);1H. The van der Waals surface area contributed by atoms with Crippen LogP contribution < -0.4 is 9.47 Å². The van der Waals surface area contributed by atoms with Crippen molar-refractivity contribution in [1.29, 1.82) is 0 Å². The summed E-state index contributed by atoms with van der Waals surface area (Å²) in [5.74, 6) is 0.659. The van der Waals surface area contributed by atoms with Gasteiger partial charge in [0, 0.05) is 6.54 Å². The van der Waals surface area contributed by atoms with Crippen LogP contribution in [0.3, 0.4) is 0 Å². The lowest BCUT2D eigenvalue weighted by Gasteiger charge is -2.29. The van der Waals surface area contributed by atoms with Gasteiger partial charge in [-0.15, -0.1) is 12.4 Å². The molecule has 0 bridgehead atoms. The number of likely N-dealkylation sites (tertiary alicyclic amines) is 2. The lowest BCUT2D eigenvalue weighted by atomic mass is 10.0. The van der Waals surface area contributed by atoms with Crippen LogP contribution in [-0.4, -0.2) is 65.7 Å². The van der Waals surface area contributed by atoms with Crippen molar-refractivity contribution in [2.24, 2.45) is 0 Å². The van der Waals surface area contributed by atoms with Gasteiger partial charge in [-0.05, 0) is 49.9 Å². The molecule has 0 radical (unpaired) electrons. The highest BCUT2D eigenvalue weighted by atomic mass is 35.5. The first-order valence-corrected chi connectivity index (χ1v) is 9.29. The van der Waals surface area contributed by atoms with Gasteiger partial charge in [0.1, 0.15) is 19.3 Å². The number of carboxylic acid groups (broad SMARTS) is 1. The van der Waals surface area contributed by atoms with E-state index in [-0.39, 0.29) is 30.9 Å². The Morgan fingerprint density at radius 3 is 2.59 bits per heavy atom. The van der Waals surface area contributed by atoms with E-state index in [1.165, 1.54) is 0 Å². The molecule has 0 saturated carbocycles. The van der Waals surface area contributed by atoms with E-state index in [1.54, 1.807) is 4.90 Å². The van der Waals surface area contributed by atoms with Gasteiger partial charge in [0.15, 0.2) is 11.5 Å². The number of hydrogen-bond acceptors (Lipinski definition) is 5. The fraction of sp³-hybridized carbons (Fsp3) is 0.579. The second-order valence-corrected chi connectivity index (χ2v) is 7.11. The Bertz CT molecular complexity index is 713. The predicted octanol–water partition coefficient (Wildman–Crippen LogP) is 2.09. The number of carboxylic acids is 1. The number of aliphatic carboxylic acids is 1. The third-order valence-electron chi connectivity index (χ3n) is 5.51. The van der Waals surface area contributed by atoms with Crippen molar-refractivity contribution in [3.8, 4) is 11.5 Å². The Hall–Kier alpha value is -1.99. The molecule has 2 saturated heterocycles. The number of carbonyl (C=O) groups excluding carboxylic acids is 1. The van der Waals surface area contributed by atoms with Gasteiger partial charge in [0.25, 0.3) is 0 Å². The SMILES string of the molecule is Cl.O=C(O)C1CCCN1CC(=O)N1CCCC1c1ccc2c(c1)OCCO2. The summed E-state index contributed by atoms with van der Waals surface area (Å²) in [5.41, 5.74) is 1.05. The van der Waals surface area contributed by atoms with Gasteiger partial charge in [0.2, 0.25) is 5.91 Å². The third-order valence-corrected chi connectivity index (χ3v) is 5.51. The zero-order valence-electron chi connectivity index (χ0n) is 15.1. The second-order valence-electron chi connectivity index (χ2n) is 7.11. The first-order chi connectivity index (χ1) is 12.6. The van der Waals surface area contributed by atoms with Crippen molar-refractivity contribution < 1.29 is 24.2 Å². The zero-order chi connectivity index (χ0) is 18.1. The number of amides is 1. The highest BCUT2D eigenvalue weighted by molar-refractivity contribution is 5.85. The lowest BCUT2D eigenvalue weighted by molar-refractivity contribution is -0.143. The van der Waals surface area contributed by atoms with E-state index in [4.69, 9.17) is 9.47 Å². The minimum atomic E-state index is -0.833. The predicted molar refractivity (Wildman–Crippen MR) is 101 cm³/mol. The molecular weight excluding hydrogens is 372 g/mol. The largest absolute Gasteiger partial charge is 0.486 e. The van der Waals surface area contributed by atoms with Gasteiger partial charge < -0.3 is 19.5 Å². The number of nitrogens with zero attached hydrogens (tertiary/aromatic N) is 2. The summed E-state index contributed by atoms with van der Waals surface area (Å²) in [6.07, 6.45) is 3.31. The first kappa shape index (κ1) is 19.8. The molecule has 4 rings (SSSR count). The van der Waals surface area contributed by atoms with Crippen molar-refractivity contribution in [3.05, 3.63) is 23.8 Å². The van der Waals surface area contributed by atoms with Crippen molar-refractivity contribution in [2.45, 2.75) is 37.8 Å². The molecule has 27 heavy (non-hydrogen) atoms. The number of benzene rings is 1. The van der Waals surface area contributed by atoms with Gasteiger partial charge in [-0.2, -0.15) is 0 Å². The number of carbonyl (C=O) groups is 2. The van der Waals surface area contributed by atoms with E-state index in [0.717, 1.165) is 36.3 Å². The molecule has 0 aliphatic carbocycles. The van der Waals surface area contributed by atoms with Crippen LogP contribution in [0, 0.1) is 0 Å². The van der Waals surface area contributed by atoms with E-state index >= 15 is 0 Å². The Morgan fingerprint density at radius 1 is 1.07 bits per heavy atom. The Kier molecular flexibility index (Phi) is 6.11. The van der Waals surface area contributed by atoms with Crippen LogP contribution in [0.1, 0.15) is 37.3 Å². The zero-order valence-corrected chi connectivity index (χ0v) is 16.0. The lowest BCUT2D eigenvalue weighted by Crippen LogP contribution is -2.44. The molecule has 2 fully saturated rings. The molecule has 2 unspecified atom stereocenters. The fourth-order valence-corrected chi connectivity index (χ4v) is 4.24. The number of hydrogen-bond donors (Lipinski definition) is 1. The molecule has 1 aromatic carbocycles. The summed E-state index contributed by atoms with van der Waals surface area (Å²) in [6.45, 7) is 2.66. The van der Waals surface area contributed by atoms with Crippen LogP contribution in [0.15, 0.2) is 18.2 Å².